The second-order valence-electron chi connectivity index (χ2n) is 7.85. The smallest absolute Gasteiger partial charge is 0.288 e. The number of hydrogen-bond donors (Lipinski definition) is 0. The van der Waals surface area contributed by atoms with Crippen LogP contribution in [0.1, 0.15) is 59.7 Å². The van der Waals surface area contributed by atoms with Crippen LogP contribution < -0.4 is 5.30 Å². The third-order valence-corrected chi connectivity index (χ3v) is 7.26. The lowest BCUT2D eigenvalue weighted by atomic mass is 9.89. The molecule has 0 N–H and O–H groups in total. The lowest BCUT2D eigenvalue weighted by molar-refractivity contribution is 0.103. The summed E-state index contributed by atoms with van der Waals surface area (Å²) in [6.07, 6.45) is 0. The van der Waals surface area contributed by atoms with Crippen LogP contribution in [0.5, 0.6) is 0 Å². The average molecular weight is 417 g/mol. The normalized spacial score (nSPS) is 11.3. The van der Waals surface area contributed by atoms with E-state index in [0.29, 0.717) is 22.0 Å². The Morgan fingerprint density at radius 2 is 1.20 bits per heavy atom. The van der Waals surface area contributed by atoms with Crippen LogP contribution in [0, 0.1) is 41.5 Å². The summed E-state index contributed by atoms with van der Waals surface area (Å²) >= 11 is 0. The number of hydrogen-bond acceptors (Lipinski definition) is 3. The number of carbonyl (C=O) groups is 2. The fourth-order valence-electron chi connectivity index (χ4n) is 3.90. The zero-order valence-electron chi connectivity index (χ0n) is 18.3. The molecule has 0 aliphatic heterocycles. The average Bonchev–Trinajstić information content (AvgIpc) is 2.71. The van der Waals surface area contributed by atoms with E-state index < -0.39 is 13.3 Å². The van der Waals surface area contributed by atoms with Crippen molar-refractivity contribution in [1.82, 2.24) is 0 Å². The van der Waals surface area contributed by atoms with E-state index >= 15 is 0 Å². The molecule has 0 saturated heterocycles. The maximum absolute atomic E-state index is 13.6. The highest BCUT2D eigenvalue weighted by molar-refractivity contribution is 7.71. The van der Waals surface area contributed by atoms with Crippen molar-refractivity contribution in [3.63, 3.8) is 0 Å². The Bertz CT molecular complexity index is 1160. The molecule has 0 saturated carbocycles. The van der Waals surface area contributed by atoms with Gasteiger partial charge in [-0.05, 0) is 87.1 Å². The standard InChI is InChI=1S/C26H26O3P/c1-15-10-9-11-16(2)23(15)26(28)30(29)22-13-8-7-12-21(22)25(27)24-19(5)17(3)14-18(4)20(24)6/h7-14H,1-6H3/q+1. The van der Waals surface area contributed by atoms with Crippen molar-refractivity contribution in [3.05, 3.63) is 98.6 Å². The molecule has 3 nitrogen and oxygen atoms in total. The Morgan fingerprint density at radius 3 is 1.77 bits per heavy atom. The maximum atomic E-state index is 13.6. The summed E-state index contributed by atoms with van der Waals surface area (Å²) in [6.45, 7) is 11.5. The van der Waals surface area contributed by atoms with Crippen LogP contribution in [0.15, 0.2) is 48.5 Å². The first-order valence-corrected chi connectivity index (χ1v) is 11.2. The number of aryl methyl sites for hydroxylation is 4. The highest BCUT2D eigenvalue weighted by Crippen LogP contribution is 2.32. The van der Waals surface area contributed by atoms with Crippen LogP contribution in [0.3, 0.4) is 0 Å². The zero-order valence-corrected chi connectivity index (χ0v) is 19.2. The van der Waals surface area contributed by atoms with Crippen LogP contribution in [0.2, 0.25) is 0 Å². The lowest BCUT2D eigenvalue weighted by Crippen LogP contribution is -2.18. The first-order chi connectivity index (χ1) is 14.1. The highest BCUT2D eigenvalue weighted by atomic mass is 31.1. The molecular formula is C26H26O3P+. The number of ketones is 1. The topological polar surface area (TPSA) is 51.2 Å². The molecule has 3 rings (SSSR count). The summed E-state index contributed by atoms with van der Waals surface area (Å²) in [5, 5.41) is 0.295. The molecule has 0 aliphatic rings. The van der Waals surface area contributed by atoms with Gasteiger partial charge in [0.1, 0.15) is 0 Å². The molecule has 0 amide bonds. The molecule has 4 heteroatoms. The zero-order chi connectivity index (χ0) is 22.2. The predicted molar refractivity (Wildman–Crippen MR) is 123 cm³/mol. The van der Waals surface area contributed by atoms with Gasteiger partial charge >= 0.3 is 13.3 Å². The molecule has 0 spiro atoms. The minimum atomic E-state index is -2.43. The van der Waals surface area contributed by atoms with Gasteiger partial charge in [-0.1, -0.05) is 41.0 Å². The summed E-state index contributed by atoms with van der Waals surface area (Å²) < 4.78 is 13.4. The maximum Gasteiger partial charge on any atom is 0.459 e. The molecule has 1 unspecified atom stereocenters. The fourth-order valence-corrected chi connectivity index (χ4v) is 5.29. The number of benzene rings is 3. The van der Waals surface area contributed by atoms with Crippen molar-refractivity contribution in [2.75, 3.05) is 0 Å². The monoisotopic (exact) mass is 417 g/mol. The van der Waals surface area contributed by atoms with E-state index in [2.05, 4.69) is 6.07 Å². The lowest BCUT2D eigenvalue weighted by Gasteiger charge is -2.14. The van der Waals surface area contributed by atoms with E-state index in [0.717, 1.165) is 33.4 Å². The molecule has 0 bridgehead atoms. The largest absolute Gasteiger partial charge is 0.459 e. The van der Waals surface area contributed by atoms with E-state index in [4.69, 9.17) is 0 Å². The Hall–Kier alpha value is -2.90. The fraction of sp³-hybridized carbons (Fsp3) is 0.231. The third kappa shape index (κ3) is 3.78. The predicted octanol–water partition coefficient (Wildman–Crippen LogP) is 6.06. The summed E-state index contributed by atoms with van der Waals surface area (Å²) in [6, 6.07) is 14.4. The van der Waals surface area contributed by atoms with Crippen molar-refractivity contribution < 1.29 is 14.2 Å². The van der Waals surface area contributed by atoms with Gasteiger partial charge in [-0.25, -0.2) is 4.79 Å². The molecular weight excluding hydrogens is 391 g/mol. The number of carbonyl (C=O) groups excluding carboxylic acids is 2. The molecule has 0 aliphatic carbocycles. The van der Waals surface area contributed by atoms with E-state index in [-0.39, 0.29) is 5.78 Å². The van der Waals surface area contributed by atoms with Crippen molar-refractivity contribution >= 4 is 24.4 Å². The molecule has 0 radical (unpaired) electrons. The van der Waals surface area contributed by atoms with Gasteiger partial charge in [0.2, 0.25) is 5.30 Å². The molecule has 1 atom stereocenters. The first-order valence-electron chi connectivity index (χ1n) is 9.94. The van der Waals surface area contributed by atoms with E-state index in [1.807, 2.05) is 59.7 Å². The van der Waals surface area contributed by atoms with Crippen LogP contribution >= 0.6 is 7.80 Å². The molecule has 30 heavy (non-hydrogen) atoms. The molecule has 0 heterocycles. The van der Waals surface area contributed by atoms with Crippen LogP contribution in [0.4, 0.5) is 0 Å². The van der Waals surface area contributed by atoms with Gasteiger partial charge in [0.15, 0.2) is 5.78 Å². The molecule has 0 fully saturated rings. The van der Waals surface area contributed by atoms with Crippen molar-refractivity contribution in [1.29, 1.82) is 0 Å². The molecule has 3 aromatic carbocycles. The molecule has 0 aromatic heterocycles. The Kier molecular flexibility index (Phi) is 6.14. The van der Waals surface area contributed by atoms with Crippen molar-refractivity contribution in [3.8, 4) is 0 Å². The summed E-state index contributed by atoms with van der Waals surface area (Å²) in [4.78, 5) is 26.7. The van der Waals surface area contributed by atoms with Gasteiger partial charge in [0, 0.05) is 5.56 Å². The van der Waals surface area contributed by atoms with Crippen LogP contribution in [-0.2, 0) is 4.57 Å². The van der Waals surface area contributed by atoms with Gasteiger partial charge in [-0.2, -0.15) is 0 Å². The third-order valence-electron chi connectivity index (χ3n) is 5.84. The minimum Gasteiger partial charge on any atom is -0.288 e. The minimum absolute atomic E-state index is 0.190. The molecule has 3 aromatic rings. The molecule has 152 valence electrons. The van der Waals surface area contributed by atoms with Gasteiger partial charge in [-0.3, -0.25) is 4.79 Å². The van der Waals surface area contributed by atoms with Crippen molar-refractivity contribution in [2.24, 2.45) is 0 Å². The quantitative estimate of drug-likeness (QED) is 0.374. The SMILES string of the molecule is Cc1cc(C)c(C)c(C(=O)c2ccccc2[P+](=O)C(=O)c2c(C)cccc2C)c1C. The second kappa shape index (κ2) is 8.45. The van der Waals surface area contributed by atoms with Crippen molar-refractivity contribution in [2.45, 2.75) is 41.5 Å². The summed E-state index contributed by atoms with van der Waals surface area (Å²) in [7, 11) is -2.43. The Labute approximate surface area is 178 Å². The highest BCUT2D eigenvalue weighted by Gasteiger charge is 2.38. The summed E-state index contributed by atoms with van der Waals surface area (Å²) in [5.41, 5.74) is 6.46. The first kappa shape index (κ1) is 21.8. The van der Waals surface area contributed by atoms with Gasteiger partial charge in [0.05, 0.1) is 11.1 Å². The van der Waals surface area contributed by atoms with E-state index in [1.54, 1.807) is 24.3 Å². The second-order valence-corrected chi connectivity index (χ2v) is 9.32. The van der Waals surface area contributed by atoms with E-state index in [9.17, 15) is 14.2 Å². The van der Waals surface area contributed by atoms with Crippen LogP contribution in [0.25, 0.3) is 0 Å². The van der Waals surface area contributed by atoms with E-state index in [1.165, 1.54) is 0 Å². The Morgan fingerprint density at radius 1 is 0.667 bits per heavy atom. The van der Waals surface area contributed by atoms with Gasteiger partial charge in [-0.15, -0.1) is 0 Å². The van der Waals surface area contributed by atoms with Gasteiger partial charge < -0.3 is 0 Å². The van der Waals surface area contributed by atoms with Gasteiger partial charge in [0.25, 0.3) is 0 Å². The number of rotatable bonds is 5. The van der Waals surface area contributed by atoms with Crippen LogP contribution in [-0.4, -0.2) is 11.3 Å². The summed E-state index contributed by atoms with van der Waals surface area (Å²) in [5.74, 6) is -0.190. The Balaban J connectivity index is 2.13.